The first kappa shape index (κ1) is 14.8. The second-order valence-electron chi connectivity index (χ2n) is 7.02. The van der Waals surface area contributed by atoms with Crippen molar-refractivity contribution in [2.75, 3.05) is 24.5 Å². The third kappa shape index (κ3) is 3.37. The lowest BCUT2D eigenvalue weighted by Gasteiger charge is -2.22. The molecule has 1 aromatic heterocycles. The van der Waals surface area contributed by atoms with Gasteiger partial charge in [-0.3, -0.25) is 0 Å². The lowest BCUT2D eigenvalue weighted by Crippen LogP contribution is -2.26. The number of nitrogens with one attached hydrogen (secondary N) is 1. The third-order valence-electron chi connectivity index (χ3n) is 4.80. The summed E-state index contributed by atoms with van der Waals surface area (Å²) in [5.74, 6) is 3.00. The number of fused-ring (bicyclic) bond motifs is 1. The van der Waals surface area contributed by atoms with Crippen LogP contribution in [0.3, 0.4) is 0 Å². The molecular formula is C17H26FN3. The minimum absolute atomic E-state index is 0.237. The highest BCUT2D eigenvalue weighted by molar-refractivity contribution is 5.48. The van der Waals surface area contributed by atoms with Crippen LogP contribution in [0.5, 0.6) is 0 Å². The van der Waals surface area contributed by atoms with E-state index < -0.39 is 0 Å². The molecule has 3 rings (SSSR count). The van der Waals surface area contributed by atoms with Crippen LogP contribution in [0.4, 0.5) is 10.2 Å². The number of anilines is 1. The molecule has 4 heteroatoms. The molecule has 116 valence electrons. The second-order valence-corrected chi connectivity index (χ2v) is 7.02. The highest BCUT2D eigenvalue weighted by Gasteiger charge is 2.37. The largest absolute Gasteiger partial charge is 0.356 e. The van der Waals surface area contributed by atoms with Crippen molar-refractivity contribution >= 4 is 5.82 Å². The van der Waals surface area contributed by atoms with E-state index in [1.165, 1.54) is 25.5 Å². The fraction of sp³-hybridized carbons (Fsp3) is 0.706. The molecule has 0 bridgehead atoms. The van der Waals surface area contributed by atoms with Crippen LogP contribution < -0.4 is 10.2 Å². The molecule has 1 N–H and O–H groups in total. The van der Waals surface area contributed by atoms with Crippen LogP contribution in [0.1, 0.15) is 38.7 Å². The Morgan fingerprint density at radius 1 is 1.33 bits per heavy atom. The van der Waals surface area contributed by atoms with Gasteiger partial charge < -0.3 is 10.2 Å². The molecule has 0 amide bonds. The summed E-state index contributed by atoms with van der Waals surface area (Å²) in [6.45, 7) is 8.20. The summed E-state index contributed by atoms with van der Waals surface area (Å²) in [5.41, 5.74) is 0.996. The standard InChI is InChI=1S/C17H26FN3/c1-12(2)7-19-8-15-6-16(18)9-20-17(15)21-10-13-4-3-5-14(13)11-21/h6,9,12-14,19H,3-5,7-8,10-11H2,1-2H3. The quantitative estimate of drug-likeness (QED) is 0.903. The fourth-order valence-electron chi connectivity index (χ4n) is 3.79. The molecule has 2 aliphatic rings. The van der Waals surface area contributed by atoms with Gasteiger partial charge in [0.2, 0.25) is 0 Å². The number of rotatable bonds is 5. The summed E-state index contributed by atoms with van der Waals surface area (Å²) in [6.07, 6.45) is 5.44. The molecule has 2 unspecified atom stereocenters. The van der Waals surface area contributed by atoms with Gasteiger partial charge in [-0.2, -0.15) is 0 Å². The SMILES string of the molecule is CC(C)CNCc1cc(F)cnc1N1CC2CCCC2C1. The molecule has 1 saturated heterocycles. The molecule has 2 atom stereocenters. The van der Waals surface area contributed by atoms with E-state index in [4.69, 9.17) is 0 Å². The Hall–Kier alpha value is -1.16. The van der Waals surface area contributed by atoms with Crippen LogP contribution in [0, 0.1) is 23.6 Å². The van der Waals surface area contributed by atoms with E-state index >= 15 is 0 Å². The molecular weight excluding hydrogens is 265 g/mol. The monoisotopic (exact) mass is 291 g/mol. The zero-order chi connectivity index (χ0) is 14.8. The Balaban J connectivity index is 1.72. The van der Waals surface area contributed by atoms with Crippen molar-refractivity contribution in [1.82, 2.24) is 10.3 Å². The Morgan fingerprint density at radius 2 is 2.05 bits per heavy atom. The molecule has 0 aromatic carbocycles. The molecule has 3 nitrogen and oxygen atoms in total. The molecule has 1 aliphatic carbocycles. The minimum Gasteiger partial charge on any atom is -0.356 e. The summed E-state index contributed by atoms with van der Waals surface area (Å²) in [4.78, 5) is 6.77. The van der Waals surface area contributed by atoms with E-state index in [9.17, 15) is 4.39 Å². The molecule has 1 saturated carbocycles. The minimum atomic E-state index is -0.237. The molecule has 21 heavy (non-hydrogen) atoms. The predicted molar refractivity (Wildman–Crippen MR) is 83.8 cm³/mol. The van der Waals surface area contributed by atoms with E-state index in [0.717, 1.165) is 42.9 Å². The number of hydrogen-bond acceptors (Lipinski definition) is 3. The van der Waals surface area contributed by atoms with Gasteiger partial charge in [-0.15, -0.1) is 0 Å². The van der Waals surface area contributed by atoms with E-state index in [-0.39, 0.29) is 5.82 Å². The lowest BCUT2D eigenvalue weighted by molar-refractivity contribution is 0.494. The van der Waals surface area contributed by atoms with Gasteiger partial charge >= 0.3 is 0 Å². The summed E-state index contributed by atoms with van der Waals surface area (Å²) < 4.78 is 13.5. The number of hydrogen-bond donors (Lipinski definition) is 1. The van der Waals surface area contributed by atoms with Crippen LogP contribution in [0.2, 0.25) is 0 Å². The maximum Gasteiger partial charge on any atom is 0.141 e. The first-order valence-corrected chi connectivity index (χ1v) is 8.23. The van der Waals surface area contributed by atoms with E-state index in [1.54, 1.807) is 6.07 Å². The molecule has 1 aliphatic heterocycles. The Bertz CT molecular complexity index is 477. The van der Waals surface area contributed by atoms with Gasteiger partial charge in [0, 0.05) is 25.2 Å². The van der Waals surface area contributed by atoms with Gasteiger partial charge in [-0.05, 0) is 43.2 Å². The van der Waals surface area contributed by atoms with Crippen molar-refractivity contribution in [2.45, 2.75) is 39.7 Å². The van der Waals surface area contributed by atoms with Crippen molar-refractivity contribution in [3.05, 3.63) is 23.6 Å². The molecule has 1 aromatic rings. The van der Waals surface area contributed by atoms with Gasteiger partial charge in [0.1, 0.15) is 11.6 Å². The zero-order valence-corrected chi connectivity index (χ0v) is 13.1. The first-order valence-electron chi connectivity index (χ1n) is 8.23. The predicted octanol–water partition coefficient (Wildman–Crippen LogP) is 3.20. The normalized spacial score (nSPS) is 24.9. The number of halogens is 1. The molecule has 2 heterocycles. The number of aromatic nitrogens is 1. The van der Waals surface area contributed by atoms with Crippen LogP contribution in [0.15, 0.2) is 12.3 Å². The number of pyridine rings is 1. The smallest absolute Gasteiger partial charge is 0.141 e. The Morgan fingerprint density at radius 3 is 2.71 bits per heavy atom. The van der Waals surface area contributed by atoms with Crippen LogP contribution >= 0.6 is 0 Å². The lowest BCUT2D eigenvalue weighted by atomic mass is 10.0. The molecule has 0 spiro atoms. The average Bonchev–Trinajstić information content (AvgIpc) is 2.99. The average molecular weight is 291 g/mol. The Kier molecular flexibility index (Phi) is 4.43. The van der Waals surface area contributed by atoms with E-state index in [1.807, 2.05) is 0 Å². The summed E-state index contributed by atoms with van der Waals surface area (Å²) >= 11 is 0. The first-order chi connectivity index (χ1) is 10.1. The highest BCUT2D eigenvalue weighted by atomic mass is 19.1. The maximum absolute atomic E-state index is 13.5. The van der Waals surface area contributed by atoms with Gasteiger partial charge in [0.25, 0.3) is 0 Å². The molecule has 2 fully saturated rings. The summed E-state index contributed by atoms with van der Waals surface area (Å²) in [6, 6.07) is 1.64. The zero-order valence-electron chi connectivity index (χ0n) is 13.1. The van der Waals surface area contributed by atoms with Crippen molar-refractivity contribution < 1.29 is 4.39 Å². The van der Waals surface area contributed by atoms with Crippen molar-refractivity contribution in [3.8, 4) is 0 Å². The summed E-state index contributed by atoms with van der Waals surface area (Å²) in [5, 5.41) is 3.41. The van der Waals surface area contributed by atoms with Crippen molar-refractivity contribution in [3.63, 3.8) is 0 Å². The highest BCUT2D eigenvalue weighted by Crippen LogP contribution is 2.39. The second kappa shape index (κ2) is 6.30. The van der Waals surface area contributed by atoms with Crippen molar-refractivity contribution in [1.29, 1.82) is 0 Å². The van der Waals surface area contributed by atoms with E-state index in [2.05, 4.69) is 29.0 Å². The van der Waals surface area contributed by atoms with Crippen LogP contribution in [-0.4, -0.2) is 24.6 Å². The van der Waals surface area contributed by atoms with Crippen LogP contribution in [-0.2, 0) is 6.54 Å². The van der Waals surface area contributed by atoms with Gasteiger partial charge in [-0.1, -0.05) is 20.3 Å². The fourth-order valence-corrected chi connectivity index (χ4v) is 3.79. The van der Waals surface area contributed by atoms with Gasteiger partial charge in [-0.25, -0.2) is 9.37 Å². The van der Waals surface area contributed by atoms with E-state index in [0.29, 0.717) is 12.5 Å². The topological polar surface area (TPSA) is 28.2 Å². The maximum atomic E-state index is 13.5. The van der Waals surface area contributed by atoms with Gasteiger partial charge in [0.15, 0.2) is 0 Å². The van der Waals surface area contributed by atoms with Gasteiger partial charge in [0.05, 0.1) is 6.20 Å². The van der Waals surface area contributed by atoms with Crippen LogP contribution in [0.25, 0.3) is 0 Å². The van der Waals surface area contributed by atoms with Crippen molar-refractivity contribution in [2.24, 2.45) is 17.8 Å². The molecule has 0 radical (unpaired) electrons. The summed E-state index contributed by atoms with van der Waals surface area (Å²) in [7, 11) is 0. The third-order valence-corrected chi connectivity index (χ3v) is 4.80. The Labute approximate surface area is 126 Å². The number of nitrogens with zero attached hydrogens (tertiary/aromatic N) is 2.